The third kappa shape index (κ3) is 1.85. The van der Waals surface area contributed by atoms with Gasteiger partial charge in [-0.1, -0.05) is 18.1 Å². The highest BCUT2D eigenvalue weighted by Gasteiger charge is 2.28. The summed E-state index contributed by atoms with van der Waals surface area (Å²) in [6, 6.07) is 7.50. The van der Waals surface area contributed by atoms with Crippen molar-refractivity contribution < 1.29 is 4.79 Å². The molecule has 1 amide bonds. The molecule has 80 valence electrons. The van der Waals surface area contributed by atoms with Crippen molar-refractivity contribution in [2.24, 2.45) is 5.92 Å². The number of hydrogen-bond acceptors (Lipinski definition) is 1. The van der Waals surface area contributed by atoms with Gasteiger partial charge in [0.2, 0.25) is 5.91 Å². The van der Waals surface area contributed by atoms with Crippen LogP contribution >= 0.6 is 0 Å². The van der Waals surface area contributed by atoms with Gasteiger partial charge < -0.3 is 4.90 Å². The Labute approximate surface area is 95.6 Å². The van der Waals surface area contributed by atoms with E-state index < -0.39 is 0 Å². The van der Waals surface area contributed by atoms with Crippen molar-refractivity contribution >= 4 is 11.6 Å². The van der Waals surface area contributed by atoms with Gasteiger partial charge in [0.25, 0.3) is 0 Å². The number of benzene rings is 1. The summed E-state index contributed by atoms with van der Waals surface area (Å²) in [4.78, 5) is 13.5. The largest absolute Gasteiger partial charge is 0.312 e. The number of rotatable bonds is 2. The Bertz CT molecular complexity index is 470. The molecule has 0 aliphatic carbocycles. The Morgan fingerprint density at radius 3 is 3.00 bits per heavy atom. The average molecular weight is 211 g/mol. The van der Waals surface area contributed by atoms with E-state index >= 15 is 0 Å². The first-order valence-corrected chi connectivity index (χ1v) is 5.24. The van der Waals surface area contributed by atoms with Gasteiger partial charge in [0.05, 0.1) is 0 Å². The van der Waals surface area contributed by atoms with E-state index in [4.69, 9.17) is 6.42 Å². The van der Waals surface area contributed by atoms with E-state index in [1.807, 2.05) is 30.3 Å². The zero-order chi connectivity index (χ0) is 11.5. The summed E-state index contributed by atoms with van der Waals surface area (Å²) < 4.78 is 0. The second-order valence-corrected chi connectivity index (χ2v) is 3.90. The molecule has 0 bridgehead atoms. The highest BCUT2D eigenvalue weighted by Crippen LogP contribution is 2.25. The van der Waals surface area contributed by atoms with Crippen molar-refractivity contribution in [2.45, 2.75) is 6.42 Å². The summed E-state index contributed by atoms with van der Waals surface area (Å²) in [6.07, 6.45) is 7.72. The van der Waals surface area contributed by atoms with Gasteiger partial charge in [0.1, 0.15) is 0 Å². The van der Waals surface area contributed by atoms with Gasteiger partial charge in [-0.25, -0.2) is 0 Å². The van der Waals surface area contributed by atoms with Gasteiger partial charge in [-0.2, -0.15) is 0 Å². The molecule has 1 heterocycles. The molecular weight excluding hydrogens is 198 g/mol. The lowest BCUT2D eigenvalue weighted by Gasteiger charge is -2.16. The molecule has 0 spiro atoms. The highest BCUT2D eigenvalue weighted by atomic mass is 16.2. The molecule has 1 aliphatic heterocycles. The fourth-order valence-corrected chi connectivity index (χ4v) is 1.91. The van der Waals surface area contributed by atoms with Gasteiger partial charge in [-0.15, -0.1) is 13.0 Å². The average Bonchev–Trinajstić information content (AvgIpc) is 2.71. The minimum Gasteiger partial charge on any atom is -0.312 e. The maximum Gasteiger partial charge on any atom is 0.227 e. The minimum absolute atomic E-state index is 0.138. The molecule has 2 heteroatoms. The fraction of sp³-hybridized carbons (Fsp3) is 0.214. The Morgan fingerprint density at radius 2 is 2.38 bits per heavy atom. The van der Waals surface area contributed by atoms with E-state index in [1.165, 1.54) is 0 Å². The summed E-state index contributed by atoms with van der Waals surface area (Å²) in [5.74, 6) is 2.96. The number of nitrogens with zero attached hydrogens (tertiary/aromatic N) is 1. The normalized spacial score (nSPS) is 19.6. The van der Waals surface area contributed by atoms with Gasteiger partial charge in [-0.05, 0) is 18.2 Å². The van der Waals surface area contributed by atoms with Crippen LogP contribution in [0.5, 0.6) is 0 Å². The van der Waals surface area contributed by atoms with Gasteiger partial charge in [0, 0.05) is 30.1 Å². The standard InChI is InChI=1S/C14H13NO/c1-3-11-6-5-7-13(8-11)15-10-12(4-2)9-14(15)16/h1,4-8,12H,2,9-10H2. The van der Waals surface area contributed by atoms with Crippen LogP contribution in [0, 0.1) is 18.3 Å². The van der Waals surface area contributed by atoms with Crippen molar-refractivity contribution in [1.82, 2.24) is 0 Å². The van der Waals surface area contributed by atoms with E-state index in [2.05, 4.69) is 12.5 Å². The number of hydrogen-bond donors (Lipinski definition) is 0. The van der Waals surface area contributed by atoms with Crippen LogP contribution in [0.2, 0.25) is 0 Å². The van der Waals surface area contributed by atoms with Crippen molar-refractivity contribution in [1.29, 1.82) is 0 Å². The Hall–Kier alpha value is -2.01. The number of amides is 1. The van der Waals surface area contributed by atoms with Gasteiger partial charge in [0.15, 0.2) is 0 Å². The number of carbonyl (C=O) groups is 1. The summed E-state index contributed by atoms with van der Waals surface area (Å²) in [5, 5.41) is 0. The topological polar surface area (TPSA) is 20.3 Å². The van der Waals surface area contributed by atoms with Gasteiger partial charge in [-0.3, -0.25) is 4.79 Å². The SMILES string of the molecule is C#Cc1cccc(N2CC(C=C)CC2=O)c1. The molecular formula is C14H13NO. The lowest BCUT2D eigenvalue weighted by molar-refractivity contribution is -0.117. The van der Waals surface area contributed by atoms with Crippen LogP contribution < -0.4 is 4.90 Å². The van der Waals surface area contributed by atoms with Crippen LogP contribution in [0.3, 0.4) is 0 Å². The van der Waals surface area contributed by atoms with Crippen LogP contribution in [0.15, 0.2) is 36.9 Å². The first kappa shape index (κ1) is 10.5. The third-order valence-electron chi connectivity index (χ3n) is 2.81. The lowest BCUT2D eigenvalue weighted by atomic mass is 10.1. The zero-order valence-corrected chi connectivity index (χ0v) is 9.02. The van der Waals surface area contributed by atoms with Crippen LogP contribution in [-0.4, -0.2) is 12.5 Å². The Balaban J connectivity index is 2.28. The molecule has 0 aromatic heterocycles. The van der Waals surface area contributed by atoms with Crippen molar-refractivity contribution in [2.75, 3.05) is 11.4 Å². The van der Waals surface area contributed by atoms with E-state index in [9.17, 15) is 4.79 Å². The van der Waals surface area contributed by atoms with Gasteiger partial charge >= 0.3 is 0 Å². The van der Waals surface area contributed by atoms with Crippen LogP contribution in [-0.2, 0) is 4.79 Å². The summed E-state index contributed by atoms with van der Waals surface area (Å²) >= 11 is 0. The van der Waals surface area contributed by atoms with E-state index in [1.54, 1.807) is 4.90 Å². The van der Waals surface area contributed by atoms with Crippen LogP contribution in [0.1, 0.15) is 12.0 Å². The zero-order valence-electron chi connectivity index (χ0n) is 9.02. The van der Waals surface area contributed by atoms with Crippen molar-refractivity contribution in [3.05, 3.63) is 42.5 Å². The smallest absolute Gasteiger partial charge is 0.227 e. The number of terminal acetylenes is 1. The number of carbonyl (C=O) groups excluding carboxylic acids is 1. The molecule has 0 N–H and O–H groups in total. The molecule has 1 unspecified atom stereocenters. The van der Waals surface area contributed by atoms with E-state index in [0.717, 1.165) is 11.3 Å². The molecule has 1 atom stereocenters. The summed E-state index contributed by atoms with van der Waals surface area (Å²) in [5.41, 5.74) is 1.68. The predicted octanol–water partition coefficient (Wildman–Crippen LogP) is 2.21. The summed E-state index contributed by atoms with van der Waals surface area (Å²) in [7, 11) is 0. The summed E-state index contributed by atoms with van der Waals surface area (Å²) in [6.45, 7) is 4.43. The lowest BCUT2D eigenvalue weighted by Crippen LogP contribution is -2.24. The van der Waals surface area contributed by atoms with Crippen LogP contribution in [0.25, 0.3) is 0 Å². The molecule has 2 nitrogen and oxygen atoms in total. The monoisotopic (exact) mass is 211 g/mol. The first-order chi connectivity index (χ1) is 7.74. The molecule has 2 rings (SSSR count). The molecule has 0 radical (unpaired) electrons. The predicted molar refractivity (Wildman–Crippen MR) is 65.0 cm³/mol. The fourth-order valence-electron chi connectivity index (χ4n) is 1.91. The first-order valence-electron chi connectivity index (χ1n) is 5.24. The molecule has 0 saturated carbocycles. The van der Waals surface area contributed by atoms with Crippen molar-refractivity contribution in [3.63, 3.8) is 0 Å². The van der Waals surface area contributed by atoms with Crippen molar-refractivity contribution in [3.8, 4) is 12.3 Å². The second kappa shape index (κ2) is 4.24. The van der Waals surface area contributed by atoms with Crippen LogP contribution in [0.4, 0.5) is 5.69 Å². The maximum atomic E-state index is 11.8. The van der Waals surface area contributed by atoms with E-state index in [-0.39, 0.29) is 11.8 Å². The number of anilines is 1. The Morgan fingerprint density at radius 1 is 1.56 bits per heavy atom. The maximum absolute atomic E-state index is 11.8. The molecule has 1 aliphatic rings. The molecule has 1 aromatic rings. The molecule has 1 aromatic carbocycles. The Kier molecular flexibility index (Phi) is 2.78. The minimum atomic E-state index is 0.138. The van der Waals surface area contributed by atoms with E-state index in [0.29, 0.717) is 13.0 Å². The molecule has 16 heavy (non-hydrogen) atoms. The third-order valence-corrected chi connectivity index (χ3v) is 2.81. The molecule has 1 saturated heterocycles. The second-order valence-electron chi connectivity index (χ2n) is 3.90. The molecule has 1 fully saturated rings. The highest BCUT2D eigenvalue weighted by molar-refractivity contribution is 5.96. The quantitative estimate of drug-likeness (QED) is 0.542.